The van der Waals surface area contributed by atoms with Gasteiger partial charge in [0.05, 0.1) is 12.8 Å². The topological polar surface area (TPSA) is 143 Å². The Hall–Kier alpha value is -5.65. The fraction of sp³-hybridized carbons (Fsp3) is 0.194. The van der Waals surface area contributed by atoms with E-state index in [0.29, 0.717) is 30.3 Å². The molecule has 12 nitrogen and oxygen atoms in total. The summed E-state index contributed by atoms with van der Waals surface area (Å²) < 4.78 is 8.92. The van der Waals surface area contributed by atoms with E-state index in [-0.39, 0.29) is 11.2 Å². The summed E-state index contributed by atoms with van der Waals surface area (Å²) in [7, 11) is 1.22. The Bertz CT molecular complexity index is 2030. The zero-order valence-corrected chi connectivity index (χ0v) is 23.6. The molecule has 0 saturated carbocycles. The van der Waals surface area contributed by atoms with Crippen LogP contribution in [0.5, 0.6) is 0 Å². The second kappa shape index (κ2) is 11.7. The van der Waals surface area contributed by atoms with Crippen molar-refractivity contribution >= 4 is 17.1 Å². The van der Waals surface area contributed by atoms with Crippen LogP contribution in [0, 0.1) is 0 Å². The molecule has 0 aliphatic heterocycles. The number of H-pyrrole nitrogens is 1. The van der Waals surface area contributed by atoms with Gasteiger partial charge in [-0.3, -0.25) is 9.59 Å². The highest BCUT2D eigenvalue weighted by Crippen LogP contribution is 2.30. The van der Waals surface area contributed by atoms with Gasteiger partial charge in [-0.05, 0) is 40.5 Å². The maximum absolute atomic E-state index is 13.9. The van der Waals surface area contributed by atoms with Crippen LogP contribution in [-0.4, -0.2) is 52.4 Å². The van der Waals surface area contributed by atoms with E-state index in [4.69, 9.17) is 9.72 Å². The van der Waals surface area contributed by atoms with Crippen LogP contribution in [0.15, 0.2) is 88.5 Å². The third-order valence-corrected chi connectivity index (χ3v) is 7.23. The van der Waals surface area contributed by atoms with Crippen LogP contribution in [0.1, 0.15) is 24.7 Å². The zero-order chi connectivity index (χ0) is 29.9. The van der Waals surface area contributed by atoms with Crippen molar-refractivity contribution in [3.63, 3.8) is 0 Å². The van der Waals surface area contributed by atoms with Crippen molar-refractivity contribution in [2.24, 2.45) is 0 Å². The van der Waals surface area contributed by atoms with Crippen molar-refractivity contribution in [2.45, 2.75) is 32.9 Å². The fourth-order valence-corrected chi connectivity index (χ4v) is 5.18. The number of nitrogens with zero attached hydrogens (tertiary/aromatic N) is 7. The Kier molecular flexibility index (Phi) is 7.48. The quantitative estimate of drug-likeness (QED) is 0.258. The number of aromatic nitrogens is 8. The summed E-state index contributed by atoms with van der Waals surface area (Å²) in [5.74, 6) is 0.470. The number of para-hydroxylation sites is 1. The number of nitrogens with one attached hydrogen (secondary N) is 1. The van der Waals surface area contributed by atoms with Crippen LogP contribution in [0.25, 0.3) is 39.4 Å². The Morgan fingerprint density at radius 1 is 0.907 bits per heavy atom. The van der Waals surface area contributed by atoms with Crippen molar-refractivity contribution in [1.82, 2.24) is 39.3 Å². The molecule has 3 heterocycles. The highest BCUT2D eigenvalue weighted by atomic mass is 16.5. The molecule has 0 radical (unpaired) electrons. The van der Waals surface area contributed by atoms with E-state index in [1.807, 2.05) is 66.1 Å². The second-order valence-electron chi connectivity index (χ2n) is 9.94. The van der Waals surface area contributed by atoms with Gasteiger partial charge in [-0.15, -0.1) is 10.2 Å². The molecule has 6 rings (SSSR count). The average molecular weight is 577 g/mol. The monoisotopic (exact) mass is 576 g/mol. The highest BCUT2D eigenvalue weighted by Gasteiger charge is 2.23. The van der Waals surface area contributed by atoms with Gasteiger partial charge < -0.3 is 9.30 Å². The summed E-state index contributed by atoms with van der Waals surface area (Å²) in [6, 6.07) is 24.7. The predicted molar refractivity (Wildman–Crippen MR) is 160 cm³/mol. The van der Waals surface area contributed by atoms with Gasteiger partial charge in [-0.1, -0.05) is 73.7 Å². The maximum Gasteiger partial charge on any atom is 0.337 e. The zero-order valence-electron chi connectivity index (χ0n) is 23.6. The van der Waals surface area contributed by atoms with Crippen molar-refractivity contribution in [2.75, 3.05) is 7.11 Å². The van der Waals surface area contributed by atoms with Crippen molar-refractivity contribution < 1.29 is 9.53 Å². The van der Waals surface area contributed by atoms with E-state index in [9.17, 15) is 14.4 Å². The molecule has 0 aliphatic rings. The van der Waals surface area contributed by atoms with Crippen LogP contribution in [0.4, 0.5) is 0 Å². The van der Waals surface area contributed by atoms with Crippen LogP contribution >= 0.6 is 0 Å². The number of ether oxygens (including phenoxy) is 1. The minimum Gasteiger partial charge on any atom is -0.468 e. The Labute approximate surface area is 245 Å². The number of aryl methyl sites for hydroxylation is 1. The lowest BCUT2D eigenvalue weighted by atomic mass is 9.98. The molecule has 0 unspecified atom stereocenters. The van der Waals surface area contributed by atoms with Crippen LogP contribution in [0.2, 0.25) is 0 Å². The first-order valence-electron chi connectivity index (χ1n) is 13.8. The fourth-order valence-electron chi connectivity index (χ4n) is 5.18. The number of benzene rings is 3. The van der Waals surface area contributed by atoms with E-state index in [0.717, 1.165) is 33.2 Å². The Morgan fingerprint density at radius 2 is 1.63 bits per heavy atom. The number of imidazole rings is 1. The number of methoxy groups -OCH3 is 1. The van der Waals surface area contributed by atoms with E-state index in [2.05, 4.69) is 20.6 Å². The maximum atomic E-state index is 13.9. The van der Waals surface area contributed by atoms with Gasteiger partial charge in [0.2, 0.25) is 5.82 Å². The Morgan fingerprint density at radius 3 is 2.30 bits per heavy atom. The first-order chi connectivity index (χ1) is 21.0. The molecule has 1 N–H and O–H groups in total. The lowest BCUT2D eigenvalue weighted by molar-refractivity contribution is -0.141. The van der Waals surface area contributed by atoms with Crippen molar-refractivity contribution in [3.8, 4) is 28.2 Å². The number of esters is 1. The third kappa shape index (κ3) is 5.14. The van der Waals surface area contributed by atoms with Crippen LogP contribution in [0.3, 0.4) is 0 Å². The Balaban J connectivity index is 1.48. The number of hydrogen-bond donors (Lipinski definition) is 1. The summed E-state index contributed by atoms with van der Waals surface area (Å²) >= 11 is 0. The number of hydrogen-bond acceptors (Lipinski definition) is 8. The highest BCUT2D eigenvalue weighted by molar-refractivity contribution is 5.80. The molecule has 6 aromatic rings. The van der Waals surface area contributed by atoms with Gasteiger partial charge in [-0.2, -0.15) is 5.21 Å². The number of fused-ring (bicyclic) bond motifs is 1. The molecule has 12 heteroatoms. The van der Waals surface area contributed by atoms with Gasteiger partial charge in [0.1, 0.15) is 12.4 Å². The lowest BCUT2D eigenvalue weighted by Gasteiger charge is -2.13. The smallest absolute Gasteiger partial charge is 0.337 e. The number of aromatic amines is 1. The summed E-state index contributed by atoms with van der Waals surface area (Å²) in [4.78, 5) is 44.5. The molecule has 43 heavy (non-hydrogen) atoms. The van der Waals surface area contributed by atoms with Gasteiger partial charge >= 0.3 is 11.7 Å². The molecule has 3 aromatic carbocycles. The molecule has 216 valence electrons. The molecule has 0 fully saturated rings. The predicted octanol–water partition coefficient (Wildman–Crippen LogP) is 3.37. The first-order valence-corrected chi connectivity index (χ1v) is 13.8. The van der Waals surface area contributed by atoms with Crippen molar-refractivity contribution in [1.29, 1.82) is 0 Å². The van der Waals surface area contributed by atoms with E-state index < -0.39 is 23.8 Å². The van der Waals surface area contributed by atoms with Crippen LogP contribution < -0.4 is 11.2 Å². The number of carbonyl (C=O) groups excluding carboxylic acids is 1. The first kappa shape index (κ1) is 27.5. The van der Waals surface area contributed by atoms with Gasteiger partial charge in [0.15, 0.2) is 11.2 Å². The van der Waals surface area contributed by atoms with Gasteiger partial charge in [0, 0.05) is 18.5 Å². The van der Waals surface area contributed by atoms with Crippen LogP contribution in [-0.2, 0) is 29.0 Å². The average Bonchev–Trinajstić information content (AvgIpc) is 3.69. The molecular weight excluding hydrogens is 548 g/mol. The molecule has 0 aliphatic carbocycles. The van der Waals surface area contributed by atoms with Gasteiger partial charge in [0.25, 0.3) is 5.56 Å². The molecular formula is C31H28N8O4. The van der Waals surface area contributed by atoms with E-state index in [1.54, 1.807) is 24.3 Å². The van der Waals surface area contributed by atoms with Crippen molar-refractivity contribution in [3.05, 3.63) is 111 Å². The molecule has 3 aromatic heterocycles. The molecule has 0 saturated heterocycles. The standard InChI is InChI=1S/C31H28N8O4/c1-3-9-25-32-29-27(30(41)38(19-26(40)43-2)31(42)39(29)22-10-5-4-6-11-22)37(25)18-20-14-16-21(17-15-20)23-12-7-8-13-24(23)28-33-35-36-34-28/h4-8,10-17H,3,9,18-19H2,1-2H3,(H,33,34,35,36). The summed E-state index contributed by atoms with van der Waals surface area (Å²) in [5.41, 5.74) is 3.45. The number of carbonyl (C=O) groups is 1. The summed E-state index contributed by atoms with van der Waals surface area (Å²) in [6.07, 6.45) is 1.37. The lowest BCUT2D eigenvalue weighted by Crippen LogP contribution is -2.42. The summed E-state index contributed by atoms with van der Waals surface area (Å²) in [6.45, 7) is 1.85. The number of rotatable bonds is 9. The SMILES string of the molecule is CCCc1nc2c(c(=O)n(CC(=O)OC)c(=O)n2-c2ccccc2)n1Cc1ccc(-c2ccccc2-c2nn[nH]n2)cc1. The largest absolute Gasteiger partial charge is 0.468 e. The summed E-state index contributed by atoms with van der Waals surface area (Å²) in [5, 5.41) is 14.4. The van der Waals surface area contributed by atoms with E-state index >= 15 is 0 Å². The number of tetrazole rings is 1. The minimum atomic E-state index is -0.699. The van der Waals surface area contributed by atoms with E-state index in [1.165, 1.54) is 11.7 Å². The normalized spacial score (nSPS) is 11.2. The third-order valence-electron chi connectivity index (χ3n) is 7.23. The van der Waals surface area contributed by atoms with Gasteiger partial charge in [-0.25, -0.2) is 18.9 Å². The molecule has 0 amide bonds. The molecule has 0 spiro atoms. The molecule has 0 bridgehead atoms. The second-order valence-corrected chi connectivity index (χ2v) is 9.94. The minimum absolute atomic E-state index is 0.238. The molecule has 0 atom stereocenters.